The lowest BCUT2D eigenvalue weighted by Crippen LogP contribution is -2.46. The predicted molar refractivity (Wildman–Crippen MR) is 94.4 cm³/mol. The van der Waals surface area contributed by atoms with Gasteiger partial charge in [-0.2, -0.15) is 0 Å². The molecule has 0 aromatic heterocycles. The van der Waals surface area contributed by atoms with E-state index in [1.54, 1.807) is 0 Å². The van der Waals surface area contributed by atoms with Gasteiger partial charge >= 0.3 is 7.82 Å². The molecular formula is C17H17F2N2O8P. The summed E-state index contributed by atoms with van der Waals surface area (Å²) in [5.74, 6) is -5.81. The molecule has 1 fully saturated rings. The highest BCUT2D eigenvalue weighted by molar-refractivity contribution is 7.49. The molecule has 1 saturated heterocycles. The fraction of sp³-hybridized carbons (Fsp3) is 0.353. The zero-order valence-corrected chi connectivity index (χ0v) is 15.8. The standard InChI is InChI=1S/C17H17F2N2O8P/c1-9-20-13(22)4-5-21(9)16-14(23)15(24)17(19,28-16)8-27-30(25)26-7-10-6-11(18)2-3-12(10)29-30/h2-6,14-16,23-24H,1,7-8H2,(H,20,22)/t14-,15+,16-,17-,30?/m1/s1/i8D2,16D. The van der Waals surface area contributed by atoms with Crippen molar-refractivity contribution in [2.75, 3.05) is 6.56 Å². The zero-order chi connectivity index (χ0) is 24.4. The fourth-order valence-corrected chi connectivity index (χ4v) is 3.87. The first kappa shape index (κ1) is 17.4. The number of aliphatic hydroxyl groups is 2. The SMILES string of the molecule is [2H]C([2H])(OP1(=O)OCc2cc(F)ccc2O1)[C@@]1(F)O[C@@]([2H])(N2C=CC(=O)NC2=C)[C@H](O)[C@@H]1O. The summed E-state index contributed by atoms with van der Waals surface area (Å²) in [6.45, 7) is -0.933. The van der Waals surface area contributed by atoms with Crippen molar-refractivity contribution < 1.29 is 50.8 Å². The highest BCUT2D eigenvalue weighted by atomic mass is 31.2. The number of phosphoric ester groups is 1. The molecule has 162 valence electrons. The molecule has 3 aliphatic rings. The number of hydrogen-bond acceptors (Lipinski definition) is 9. The van der Waals surface area contributed by atoms with Crippen LogP contribution in [0.5, 0.6) is 5.75 Å². The van der Waals surface area contributed by atoms with Gasteiger partial charge in [0.05, 0.1) is 10.7 Å². The maximum absolute atomic E-state index is 15.8. The number of ether oxygens (including phenoxy) is 1. The molecule has 10 nitrogen and oxygen atoms in total. The van der Waals surface area contributed by atoms with E-state index in [9.17, 15) is 24.0 Å². The summed E-state index contributed by atoms with van der Waals surface area (Å²) in [6.07, 6.45) is -6.33. The molecule has 0 saturated carbocycles. The van der Waals surface area contributed by atoms with Crippen molar-refractivity contribution >= 4 is 13.7 Å². The van der Waals surface area contributed by atoms with E-state index in [-0.39, 0.29) is 17.1 Å². The van der Waals surface area contributed by atoms with Crippen molar-refractivity contribution in [3.05, 3.63) is 54.3 Å². The van der Waals surface area contributed by atoms with Crippen LogP contribution in [-0.2, 0) is 29.8 Å². The largest absolute Gasteiger partial charge is 0.530 e. The van der Waals surface area contributed by atoms with E-state index in [2.05, 4.69) is 16.4 Å². The number of fused-ring (bicyclic) bond motifs is 1. The number of carbonyl (C=O) groups excluding carboxylic acids is 1. The number of nitrogens with zero attached hydrogens (tertiary/aromatic N) is 1. The van der Waals surface area contributed by atoms with Gasteiger partial charge in [-0.25, -0.2) is 13.3 Å². The molecule has 1 amide bonds. The highest BCUT2D eigenvalue weighted by Gasteiger charge is 2.58. The minimum Gasteiger partial charge on any atom is -0.404 e. The van der Waals surface area contributed by atoms with Crippen LogP contribution in [0.3, 0.4) is 0 Å². The molecule has 4 rings (SSSR count). The smallest absolute Gasteiger partial charge is 0.404 e. The fourth-order valence-electron chi connectivity index (χ4n) is 2.78. The first-order valence-corrected chi connectivity index (χ1v) is 9.83. The van der Waals surface area contributed by atoms with Crippen LogP contribution in [-0.4, -0.2) is 51.8 Å². The molecule has 0 bridgehead atoms. The lowest BCUT2D eigenvalue weighted by atomic mass is 10.1. The summed E-state index contributed by atoms with van der Waals surface area (Å²) in [7, 11) is -4.89. The van der Waals surface area contributed by atoms with Crippen LogP contribution in [0.4, 0.5) is 8.78 Å². The number of rotatable bonds is 4. The first-order valence-electron chi connectivity index (χ1n) is 9.87. The number of nitrogens with one attached hydrogen (secondary N) is 1. The second kappa shape index (κ2) is 7.41. The lowest BCUT2D eigenvalue weighted by molar-refractivity contribution is -0.208. The molecule has 3 heterocycles. The van der Waals surface area contributed by atoms with Gasteiger partial charge in [-0.15, -0.1) is 0 Å². The van der Waals surface area contributed by atoms with Crippen LogP contribution in [0, 0.1) is 5.82 Å². The Kier molecular flexibility index (Phi) is 4.29. The van der Waals surface area contributed by atoms with Gasteiger partial charge in [0, 0.05) is 17.8 Å². The molecule has 1 unspecified atom stereocenters. The summed E-state index contributed by atoms with van der Waals surface area (Å²) in [5, 5.41) is 22.8. The van der Waals surface area contributed by atoms with E-state index in [0.29, 0.717) is 4.90 Å². The number of amides is 1. The summed E-state index contributed by atoms with van der Waals surface area (Å²) in [5.41, 5.74) is 0.121. The second-order valence-corrected chi connectivity index (χ2v) is 7.87. The van der Waals surface area contributed by atoms with E-state index in [1.165, 1.54) is 0 Å². The van der Waals surface area contributed by atoms with Gasteiger partial charge in [-0.3, -0.25) is 13.8 Å². The summed E-state index contributed by atoms with van der Waals surface area (Å²) < 4.78 is 85.5. The highest BCUT2D eigenvalue weighted by Crippen LogP contribution is 2.55. The van der Waals surface area contributed by atoms with Crippen molar-refractivity contribution in [3.63, 3.8) is 0 Å². The minimum atomic E-state index is -4.89. The monoisotopic (exact) mass is 449 g/mol. The third-order valence-electron chi connectivity index (χ3n) is 4.26. The van der Waals surface area contributed by atoms with Crippen LogP contribution in [0.25, 0.3) is 0 Å². The molecule has 1 aromatic carbocycles. The second-order valence-electron chi connectivity index (χ2n) is 6.35. The van der Waals surface area contributed by atoms with E-state index >= 15 is 4.39 Å². The molecule has 5 atom stereocenters. The van der Waals surface area contributed by atoms with Crippen LogP contribution < -0.4 is 9.84 Å². The Balaban J connectivity index is 1.61. The molecule has 30 heavy (non-hydrogen) atoms. The van der Waals surface area contributed by atoms with Crippen LogP contribution >= 0.6 is 7.82 Å². The van der Waals surface area contributed by atoms with Gasteiger partial charge < -0.3 is 29.7 Å². The van der Waals surface area contributed by atoms with Gasteiger partial charge in [0.25, 0.3) is 11.8 Å². The summed E-state index contributed by atoms with van der Waals surface area (Å²) in [4.78, 5) is 12.0. The van der Waals surface area contributed by atoms with Gasteiger partial charge in [-0.1, -0.05) is 6.58 Å². The van der Waals surface area contributed by atoms with Gasteiger partial charge in [0.2, 0.25) is 0 Å². The number of benzene rings is 1. The van der Waals surface area contributed by atoms with Crippen molar-refractivity contribution in [1.29, 1.82) is 0 Å². The Hall–Kier alpha value is -2.34. The Bertz CT molecular complexity index is 1110. The number of hydrogen-bond donors (Lipinski definition) is 3. The van der Waals surface area contributed by atoms with Crippen LogP contribution in [0.1, 0.15) is 9.68 Å². The van der Waals surface area contributed by atoms with Gasteiger partial charge in [0.1, 0.15) is 36.2 Å². The molecule has 0 aliphatic carbocycles. The van der Waals surface area contributed by atoms with E-state index in [1.807, 2.05) is 0 Å². The zero-order valence-electron chi connectivity index (χ0n) is 17.9. The van der Waals surface area contributed by atoms with Crippen molar-refractivity contribution in [2.24, 2.45) is 0 Å². The molecule has 0 spiro atoms. The van der Waals surface area contributed by atoms with Crippen molar-refractivity contribution in [2.45, 2.75) is 30.9 Å². The van der Waals surface area contributed by atoms with E-state index < -0.39 is 57.0 Å². The van der Waals surface area contributed by atoms with Crippen molar-refractivity contribution in [1.82, 2.24) is 10.2 Å². The van der Waals surface area contributed by atoms with Gasteiger partial charge in [0.15, 0.2) is 6.20 Å². The Morgan fingerprint density at radius 1 is 1.53 bits per heavy atom. The third-order valence-corrected chi connectivity index (χ3v) is 5.44. The maximum atomic E-state index is 15.8. The Labute approximate surface area is 173 Å². The average Bonchev–Trinajstić information content (AvgIpc) is 2.89. The molecule has 3 aliphatic heterocycles. The number of aliphatic hydroxyl groups excluding tert-OH is 2. The lowest BCUT2D eigenvalue weighted by Gasteiger charge is -2.32. The quantitative estimate of drug-likeness (QED) is 0.578. The number of carbonyl (C=O) groups is 1. The Morgan fingerprint density at radius 2 is 2.30 bits per heavy atom. The van der Waals surface area contributed by atoms with Crippen LogP contribution in [0.15, 0.2) is 42.9 Å². The van der Waals surface area contributed by atoms with E-state index in [4.69, 9.17) is 17.9 Å². The topological polar surface area (TPSA) is 127 Å². The maximum Gasteiger partial charge on any atom is 0.530 e. The molecule has 13 heteroatoms. The average molecular weight is 449 g/mol. The van der Waals surface area contributed by atoms with Crippen molar-refractivity contribution in [3.8, 4) is 5.75 Å². The minimum absolute atomic E-state index is 0.121. The first-order chi connectivity index (χ1) is 15.2. The number of halogens is 2. The number of alkyl halides is 1. The molecule has 1 aromatic rings. The summed E-state index contributed by atoms with van der Waals surface area (Å²) in [6, 6.07) is 3.05. The molecular weight excluding hydrogens is 429 g/mol. The van der Waals surface area contributed by atoms with Gasteiger partial charge in [-0.05, 0) is 18.2 Å². The Morgan fingerprint density at radius 3 is 3.03 bits per heavy atom. The normalized spacial score (nSPS) is 40.1. The summed E-state index contributed by atoms with van der Waals surface area (Å²) >= 11 is 0. The van der Waals surface area contributed by atoms with Crippen LogP contribution in [0.2, 0.25) is 0 Å². The molecule has 0 radical (unpaired) electrons. The molecule has 3 N–H and O–H groups in total. The number of phosphoric acid groups is 1. The predicted octanol–water partition coefficient (Wildman–Crippen LogP) is 1.02. The van der Waals surface area contributed by atoms with E-state index in [0.717, 1.165) is 30.5 Å². The third kappa shape index (κ3) is 3.73.